The maximum absolute atomic E-state index is 13.5. The van der Waals surface area contributed by atoms with Gasteiger partial charge in [-0.2, -0.15) is 0 Å². The number of carbonyl (C=O) groups is 2. The van der Waals surface area contributed by atoms with E-state index >= 15 is 0 Å². The average Bonchev–Trinajstić information content (AvgIpc) is 3.01. The molecule has 0 spiro atoms. The highest BCUT2D eigenvalue weighted by Crippen LogP contribution is 2.09. The first-order valence-corrected chi connectivity index (χ1v) is 7.52. The third-order valence-corrected chi connectivity index (χ3v) is 3.71. The first-order chi connectivity index (χ1) is 10.6. The van der Waals surface area contributed by atoms with Gasteiger partial charge in [0.1, 0.15) is 5.82 Å². The van der Waals surface area contributed by atoms with Crippen molar-refractivity contribution in [3.63, 3.8) is 0 Å². The third kappa shape index (κ3) is 4.80. The fourth-order valence-corrected chi connectivity index (χ4v) is 2.53. The topological polar surface area (TPSA) is 52.7 Å². The van der Waals surface area contributed by atoms with Crippen molar-refractivity contribution in [2.24, 2.45) is 0 Å². The molecule has 0 bridgehead atoms. The van der Waals surface area contributed by atoms with Crippen LogP contribution >= 0.6 is 0 Å². The van der Waals surface area contributed by atoms with E-state index in [0.717, 1.165) is 25.9 Å². The molecule has 0 atom stereocenters. The summed E-state index contributed by atoms with van der Waals surface area (Å²) in [7, 11) is 1.74. The first-order valence-electron chi connectivity index (χ1n) is 7.52. The quantitative estimate of drug-likeness (QED) is 0.853. The Morgan fingerprint density at radius 1 is 1.27 bits per heavy atom. The van der Waals surface area contributed by atoms with Gasteiger partial charge in [0.05, 0.1) is 13.1 Å². The van der Waals surface area contributed by atoms with Crippen LogP contribution in [0.4, 0.5) is 4.39 Å². The van der Waals surface area contributed by atoms with Gasteiger partial charge in [-0.3, -0.25) is 14.5 Å². The highest BCUT2D eigenvalue weighted by atomic mass is 19.1. The van der Waals surface area contributed by atoms with Crippen molar-refractivity contribution in [3.05, 3.63) is 35.6 Å². The summed E-state index contributed by atoms with van der Waals surface area (Å²) in [5, 5.41) is 2.63. The molecule has 0 radical (unpaired) electrons. The number of hydrogen-bond donors (Lipinski definition) is 1. The Bertz CT molecular complexity index is 530. The second-order valence-corrected chi connectivity index (χ2v) is 5.63. The maximum Gasteiger partial charge on any atom is 0.241 e. The number of likely N-dealkylation sites (tertiary alicyclic amines) is 1. The molecule has 0 aromatic heterocycles. The standard InChI is InChI=1S/C16H22FN3O2/c1-19(11-13-6-2-3-7-14(13)17)12-15(21)18-10-16(22)20-8-4-5-9-20/h2-3,6-7H,4-5,8-12H2,1H3,(H,18,21). The Kier molecular flexibility index (Phi) is 5.89. The van der Waals surface area contributed by atoms with Crippen LogP contribution in [-0.4, -0.2) is 54.8 Å². The number of benzene rings is 1. The van der Waals surface area contributed by atoms with Gasteiger partial charge in [-0.05, 0) is 26.0 Å². The Hall–Kier alpha value is -1.95. The molecule has 6 heteroatoms. The molecule has 1 aliphatic rings. The minimum atomic E-state index is -0.279. The van der Waals surface area contributed by atoms with Gasteiger partial charge in [0.25, 0.3) is 0 Å². The van der Waals surface area contributed by atoms with Crippen LogP contribution in [0.15, 0.2) is 24.3 Å². The fourth-order valence-electron chi connectivity index (χ4n) is 2.53. The van der Waals surface area contributed by atoms with E-state index in [-0.39, 0.29) is 30.7 Å². The number of likely N-dealkylation sites (N-methyl/N-ethyl adjacent to an activating group) is 1. The lowest BCUT2D eigenvalue weighted by Gasteiger charge is -2.18. The van der Waals surface area contributed by atoms with Crippen molar-refractivity contribution in [1.29, 1.82) is 0 Å². The zero-order valence-electron chi connectivity index (χ0n) is 12.8. The van der Waals surface area contributed by atoms with Gasteiger partial charge in [-0.25, -0.2) is 4.39 Å². The lowest BCUT2D eigenvalue weighted by molar-refractivity contribution is -0.132. The smallest absolute Gasteiger partial charge is 0.241 e. The summed E-state index contributed by atoms with van der Waals surface area (Å²) in [5.74, 6) is -0.548. The summed E-state index contributed by atoms with van der Waals surface area (Å²) in [4.78, 5) is 27.1. The van der Waals surface area contributed by atoms with Gasteiger partial charge in [0.2, 0.25) is 11.8 Å². The minimum Gasteiger partial charge on any atom is -0.346 e. The van der Waals surface area contributed by atoms with Gasteiger partial charge in [0, 0.05) is 25.2 Å². The average molecular weight is 307 g/mol. The number of halogens is 1. The highest BCUT2D eigenvalue weighted by Gasteiger charge is 2.18. The second kappa shape index (κ2) is 7.89. The van der Waals surface area contributed by atoms with Crippen molar-refractivity contribution in [3.8, 4) is 0 Å². The molecule has 0 unspecified atom stereocenters. The predicted molar refractivity (Wildman–Crippen MR) is 81.6 cm³/mol. The molecule has 1 aromatic rings. The Labute approximate surface area is 130 Å². The zero-order valence-corrected chi connectivity index (χ0v) is 12.8. The molecule has 1 N–H and O–H groups in total. The molecule has 1 saturated heterocycles. The Morgan fingerprint density at radius 3 is 2.64 bits per heavy atom. The fraction of sp³-hybridized carbons (Fsp3) is 0.500. The predicted octanol–water partition coefficient (Wildman–Crippen LogP) is 0.996. The van der Waals surface area contributed by atoms with E-state index in [2.05, 4.69) is 5.32 Å². The normalized spacial score (nSPS) is 14.4. The van der Waals surface area contributed by atoms with Crippen molar-refractivity contribution in [2.45, 2.75) is 19.4 Å². The lowest BCUT2D eigenvalue weighted by atomic mass is 10.2. The van der Waals surface area contributed by atoms with Crippen LogP contribution in [0.1, 0.15) is 18.4 Å². The number of nitrogens with one attached hydrogen (secondary N) is 1. The van der Waals surface area contributed by atoms with E-state index in [1.165, 1.54) is 6.07 Å². The van der Waals surface area contributed by atoms with E-state index in [1.54, 1.807) is 35.0 Å². The number of amides is 2. The van der Waals surface area contributed by atoms with Gasteiger partial charge < -0.3 is 10.2 Å². The van der Waals surface area contributed by atoms with Crippen LogP contribution in [0.5, 0.6) is 0 Å². The summed E-state index contributed by atoms with van der Waals surface area (Å²) in [6.45, 7) is 2.07. The van der Waals surface area contributed by atoms with E-state index in [1.807, 2.05) is 0 Å². The van der Waals surface area contributed by atoms with Crippen LogP contribution in [-0.2, 0) is 16.1 Å². The number of carbonyl (C=O) groups excluding carboxylic acids is 2. The largest absolute Gasteiger partial charge is 0.346 e. The molecule has 5 nitrogen and oxygen atoms in total. The van der Waals surface area contributed by atoms with Crippen molar-refractivity contribution >= 4 is 11.8 Å². The molecule has 2 rings (SSSR count). The maximum atomic E-state index is 13.5. The van der Waals surface area contributed by atoms with Crippen LogP contribution in [0.2, 0.25) is 0 Å². The molecular formula is C16H22FN3O2. The van der Waals surface area contributed by atoms with Crippen LogP contribution in [0, 0.1) is 5.82 Å². The number of rotatable bonds is 6. The van der Waals surface area contributed by atoms with Gasteiger partial charge >= 0.3 is 0 Å². The molecule has 1 heterocycles. The van der Waals surface area contributed by atoms with E-state index in [9.17, 15) is 14.0 Å². The Balaban J connectivity index is 1.72. The molecule has 1 aromatic carbocycles. The molecule has 0 aliphatic carbocycles. The van der Waals surface area contributed by atoms with Crippen molar-refractivity contribution < 1.29 is 14.0 Å². The van der Waals surface area contributed by atoms with E-state index < -0.39 is 0 Å². The summed E-state index contributed by atoms with van der Waals surface area (Å²) >= 11 is 0. The SMILES string of the molecule is CN(CC(=O)NCC(=O)N1CCCC1)Cc1ccccc1F. The van der Waals surface area contributed by atoms with E-state index in [4.69, 9.17) is 0 Å². The van der Waals surface area contributed by atoms with Crippen LogP contribution < -0.4 is 5.32 Å². The van der Waals surface area contributed by atoms with Crippen LogP contribution in [0.3, 0.4) is 0 Å². The molecule has 0 saturated carbocycles. The molecule has 2 amide bonds. The third-order valence-electron chi connectivity index (χ3n) is 3.71. The van der Waals surface area contributed by atoms with Crippen LogP contribution in [0.25, 0.3) is 0 Å². The zero-order chi connectivity index (χ0) is 15.9. The first kappa shape index (κ1) is 16.4. The Morgan fingerprint density at radius 2 is 1.95 bits per heavy atom. The highest BCUT2D eigenvalue weighted by molar-refractivity contribution is 5.85. The van der Waals surface area contributed by atoms with Gasteiger partial charge in [-0.15, -0.1) is 0 Å². The summed E-state index contributed by atoms with van der Waals surface area (Å²) in [6, 6.07) is 6.50. The molecule has 1 aliphatic heterocycles. The summed E-state index contributed by atoms with van der Waals surface area (Å²) in [6.07, 6.45) is 2.07. The van der Waals surface area contributed by atoms with Crippen molar-refractivity contribution in [2.75, 3.05) is 33.2 Å². The number of hydrogen-bond acceptors (Lipinski definition) is 3. The molecule has 22 heavy (non-hydrogen) atoms. The lowest BCUT2D eigenvalue weighted by Crippen LogP contribution is -2.42. The number of nitrogens with zero attached hydrogens (tertiary/aromatic N) is 2. The van der Waals surface area contributed by atoms with E-state index in [0.29, 0.717) is 12.1 Å². The summed E-state index contributed by atoms with van der Waals surface area (Å²) in [5.41, 5.74) is 0.547. The second-order valence-electron chi connectivity index (χ2n) is 5.63. The van der Waals surface area contributed by atoms with Gasteiger partial charge in [-0.1, -0.05) is 18.2 Å². The minimum absolute atomic E-state index is 0.0341. The van der Waals surface area contributed by atoms with Gasteiger partial charge in [0.15, 0.2) is 0 Å². The summed E-state index contributed by atoms with van der Waals surface area (Å²) < 4.78 is 13.5. The molecule has 1 fully saturated rings. The molecule has 120 valence electrons. The molecular weight excluding hydrogens is 285 g/mol. The van der Waals surface area contributed by atoms with Crippen molar-refractivity contribution in [1.82, 2.24) is 15.1 Å². The monoisotopic (exact) mass is 307 g/mol.